The van der Waals surface area contributed by atoms with E-state index in [1.165, 1.54) is 6.42 Å². The van der Waals surface area contributed by atoms with Gasteiger partial charge in [0.1, 0.15) is 11.6 Å². The first-order valence-electron chi connectivity index (χ1n) is 7.31. The maximum Gasteiger partial charge on any atom is 0.167 e. The molecule has 2 rings (SSSR count). The van der Waals surface area contributed by atoms with E-state index in [-0.39, 0.29) is 0 Å². The van der Waals surface area contributed by atoms with Crippen molar-refractivity contribution < 1.29 is 0 Å². The number of rotatable bonds is 5. The standard InChI is InChI=1S/C15H22N4S/c1-4-12-13(9-16)15(19-18-14(12)5-2)17-10-6-7-11(8-10)20-3/h10-11H,4-8H2,1-3H3,(H,17,19). The molecule has 108 valence electrons. The fourth-order valence-corrected chi connectivity index (χ4v) is 3.67. The molecule has 1 fully saturated rings. The summed E-state index contributed by atoms with van der Waals surface area (Å²) in [5.41, 5.74) is 2.68. The SMILES string of the molecule is CCc1nnc(NC2CCC(SC)C2)c(C#N)c1CC. The fraction of sp³-hybridized carbons (Fsp3) is 0.667. The molecule has 2 unspecified atom stereocenters. The minimum Gasteiger partial charge on any atom is -0.365 e. The first-order chi connectivity index (χ1) is 9.73. The zero-order chi connectivity index (χ0) is 14.5. The number of aromatic nitrogens is 2. The molecule has 0 aromatic carbocycles. The Bertz CT molecular complexity index is 509. The zero-order valence-electron chi connectivity index (χ0n) is 12.4. The minimum absolute atomic E-state index is 0.422. The summed E-state index contributed by atoms with van der Waals surface area (Å²) in [5.74, 6) is 0.674. The predicted molar refractivity (Wildman–Crippen MR) is 84.1 cm³/mol. The molecule has 20 heavy (non-hydrogen) atoms. The van der Waals surface area contributed by atoms with Gasteiger partial charge in [0.05, 0.1) is 5.69 Å². The summed E-state index contributed by atoms with van der Waals surface area (Å²) in [6.45, 7) is 4.12. The van der Waals surface area contributed by atoms with Crippen LogP contribution in [0.5, 0.6) is 0 Å². The van der Waals surface area contributed by atoms with Gasteiger partial charge in [-0.3, -0.25) is 0 Å². The van der Waals surface area contributed by atoms with Crippen molar-refractivity contribution in [3.8, 4) is 6.07 Å². The van der Waals surface area contributed by atoms with Gasteiger partial charge in [0.15, 0.2) is 5.82 Å². The van der Waals surface area contributed by atoms with Gasteiger partial charge in [0, 0.05) is 11.3 Å². The molecule has 0 radical (unpaired) electrons. The first-order valence-corrected chi connectivity index (χ1v) is 8.60. The lowest BCUT2D eigenvalue weighted by atomic mass is 10.0. The Morgan fingerprint density at radius 3 is 2.65 bits per heavy atom. The number of nitriles is 1. The summed E-state index contributed by atoms with van der Waals surface area (Å²) >= 11 is 1.93. The van der Waals surface area contributed by atoms with E-state index in [1.807, 2.05) is 11.8 Å². The van der Waals surface area contributed by atoms with Crippen LogP contribution in [-0.2, 0) is 12.8 Å². The van der Waals surface area contributed by atoms with Crippen LogP contribution in [0.3, 0.4) is 0 Å². The number of nitrogens with zero attached hydrogens (tertiary/aromatic N) is 3. The molecule has 1 N–H and O–H groups in total. The molecule has 0 aliphatic heterocycles. The maximum absolute atomic E-state index is 9.46. The van der Waals surface area contributed by atoms with Gasteiger partial charge in [0.2, 0.25) is 0 Å². The number of thioether (sulfide) groups is 1. The van der Waals surface area contributed by atoms with Crippen LogP contribution < -0.4 is 5.32 Å². The minimum atomic E-state index is 0.422. The van der Waals surface area contributed by atoms with E-state index in [1.54, 1.807) is 0 Å². The topological polar surface area (TPSA) is 61.6 Å². The molecule has 1 aromatic heterocycles. The third kappa shape index (κ3) is 3.06. The first kappa shape index (κ1) is 15.1. The molecule has 0 spiro atoms. The number of anilines is 1. The van der Waals surface area contributed by atoms with Crippen molar-refractivity contribution in [1.82, 2.24) is 10.2 Å². The molecule has 0 saturated heterocycles. The molecule has 1 aliphatic carbocycles. The molecule has 5 heteroatoms. The third-order valence-electron chi connectivity index (χ3n) is 4.02. The molecular formula is C15H22N4S. The second-order valence-electron chi connectivity index (χ2n) is 5.18. The van der Waals surface area contributed by atoms with Crippen molar-refractivity contribution in [2.75, 3.05) is 11.6 Å². The molecule has 1 heterocycles. The molecule has 1 saturated carbocycles. The predicted octanol–water partition coefficient (Wildman–Crippen LogP) is 3.17. The van der Waals surface area contributed by atoms with E-state index in [2.05, 4.69) is 41.7 Å². The van der Waals surface area contributed by atoms with E-state index >= 15 is 0 Å². The number of hydrogen-bond donors (Lipinski definition) is 1. The molecule has 1 aliphatic rings. The van der Waals surface area contributed by atoms with Crippen LogP contribution in [0.15, 0.2) is 0 Å². The highest BCUT2D eigenvalue weighted by Crippen LogP contribution is 2.31. The average molecular weight is 290 g/mol. The van der Waals surface area contributed by atoms with Crippen LogP contribution in [0.25, 0.3) is 0 Å². The Balaban J connectivity index is 2.22. The van der Waals surface area contributed by atoms with Crippen molar-refractivity contribution in [2.24, 2.45) is 0 Å². The lowest BCUT2D eigenvalue weighted by Crippen LogP contribution is -2.19. The van der Waals surface area contributed by atoms with Crippen molar-refractivity contribution in [1.29, 1.82) is 5.26 Å². The monoisotopic (exact) mass is 290 g/mol. The molecule has 1 aromatic rings. The van der Waals surface area contributed by atoms with Gasteiger partial charge >= 0.3 is 0 Å². The van der Waals surface area contributed by atoms with Gasteiger partial charge in [-0.15, -0.1) is 5.10 Å². The summed E-state index contributed by atoms with van der Waals surface area (Å²) in [4.78, 5) is 0. The number of nitrogens with one attached hydrogen (secondary N) is 1. The van der Waals surface area contributed by atoms with Crippen molar-refractivity contribution >= 4 is 17.6 Å². The molecule has 4 nitrogen and oxygen atoms in total. The van der Waals surface area contributed by atoms with Crippen LogP contribution in [0, 0.1) is 11.3 Å². The van der Waals surface area contributed by atoms with Gasteiger partial charge in [0.25, 0.3) is 0 Å². The Morgan fingerprint density at radius 2 is 2.10 bits per heavy atom. The van der Waals surface area contributed by atoms with Crippen molar-refractivity contribution in [2.45, 2.75) is 57.2 Å². The highest BCUT2D eigenvalue weighted by Gasteiger charge is 2.25. The summed E-state index contributed by atoms with van der Waals surface area (Å²) < 4.78 is 0. The van der Waals surface area contributed by atoms with E-state index in [0.717, 1.165) is 42.2 Å². The molecule has 0 amide bonds. The summed E-state index contributed by atoms with van der Waals surface area (Å²) in [6.07, 6.45) is 7.35. The Labute approximate surface area is 125 Å². The fourth-order valence-electron chi connectivity index (χ4n) is 2.87. The smallest absolute Gasteiger partial charge is 0.167 e. The van der Waals surface area contributed by atoms with Crippen LogP contribution in [0.2, 0.25) is 0 Å². The quantitative estimate of drug-likeness (QED) is 0.902. The summed E-state index contributed by atoms with van der Waals surface area (Å²) in [5, 5.41) is 22.2. The summed E-state index contributed by atoms with van der Waals surface area (Å²) in [7, 11) is 0. The van der Waals surface area contributed by atoms with Crippen molar-refractivity contribution in [3.05, 3.63) is 16.8 Å². The van der Waals surface area contributed by atoms with E-state index < -0.39 is 0 Å². The van der Waals surface area contributed by atoms with Gasteiger partial charge in [-0.25, -0.2) is 0 Å². The zero-order valence-corrected chi connectivity index (χ0v) is 13.3. The van der Waals surface area contributed by atoms with E-state index in [9.17, 15) is 5.26 Å². The lowest BCUT2D eigenvalue weighted by molar-refractivity contribution is 0.742. The van der Waals surface area contributed by atoms with E-state index in [4.69, 9.17) is 0 Å². The van der Waals surface area contributed by atoms with E-state index in [0.29, 0.717) is 17.4 Å². The van der Waals surface area contributed by atoms with Gasteiger partial charge in [-0.1, -0.05) is 13.8 Å². The normalized spacial score (nSPS) is 21.7. The van der Waals surface area contributed by atoms with Crippen LogP contribution in [-0.4, -0.2) is 27.7 Å². The Hall–Kier alpha value is -1.28. The van der Waals surface area contributed by atoms with Crippen LogP contribution in [0.1, 0.15) is 49.9 Å². The maximum atomic E-state index is 9.46. The average Bonchev–Trinajstić information content (AvgIpc) is 2.94. The van der Waals surface area contributed by atoms with Gasteiger partial charge in [-0.2, -0.15) is 22.1 Å². The molecule has 2 atom stereocenters. The lowest BCUT2D eigenvalue weighted by Gasteiger charge is -2.16. The molecular weight excluding hydrogens is 268 g/mol. The Morgan fingerprint density at radius 1 is 1.30 bits per heavy atom. The second-order valence-corrected chi connectivity index (χ2v) is 6.32. The Kier molecular flexibility index (Phi) is 5.24. The van der Waals surface area contributed by atoms with Crippen LogP contribution >= 0.6 is 11.8 Å². The van der Waals surface area contributed by atoms with Crippen molar-refractivity contribution in [3.63, 3.8) is 0 Å². The van der Waals surface area contributed by atoms with Gasteiger partial charge < -0.3 is 5.32 Å². The van der Waals surface area contributed by atoms with Crippen LogP contribution in [0.4, 0.5) is 5.82 Å². The summed E-state index contributed by atoms with van der Waals surface area (Å²) in [6, 6.07) is 2.74. The van der Waals surface area contributed by atoms with Gasteiger partial charge in [-0.05, 0) is 43.9 Å². The number of aryl methyl sites for hydroxylation is 1. The number of hydrogen-bond acceptors (Lipinski definition) is 5. The molecule has 0 bridgehead atoms. The largest absolute Gasteiger partial charge is 0.365 e. The second kappa shape index (κ2) is 6.94. The highest BCUT2D eigenvalue weighted by atomic mass is 32.2. The third-order valence-corrected chi connectivity index (χ3v) is 5.11. The highest BCUT2D eigenvalue weighted by molar-refractivity contribution is 7.99.